The van der Waals surface area contributed by atoms with E-state index in [0.29, 0.717) is 5.56 Å². The van der Waals surface area contributed by atoms with Crippen molar-refractivity contribution in [2.45, 2.75) is 45.9 Å². The first-order chi connectivity index (χ1) is 10.5. The molecule has 0 spiro atoms. The number of benzene rings is 2. The molecule has 2 rings (SSSR count). The molecule has 0 saturated carbocycles. The first kappa shape index (κ1) is 19.5. The molecule has 2 nitrogen and oxygen atoms in total. The van der Waals surface area contributed by atoms with Crippen LogP contribution in [0.4, 0.5) is 4.39 Å². The molecule has 0 unspecified atom stereocenters. The summed E-state index contributed by atoms with van der Waals surface area (Å²) in [5.74, 6) is 0.530. The number of rotatable bonds is 7. The highest BCUT2D eigenvalue weighted by molar-refractivity contribution is 5.85. The maximum Gasteiger partial charge on any atom is 0.129 e. The van der Waals surface area contributed by atoms with Gasteiger partial charge in [0.15, 0.2) is 0 Å². The van der Waals surface area contributed by atoms with Crippen LogP contribution in [0.15, 0.2) is 48.5 Å². The molecular weight excluding hydrogens is 313 g/mol. The van der Waals surface area contributed by atoms with Crippen LogP contribution in [-0.2, 0) is 13.2 Å². The molecular formula is C19H25ClFNO. The lowest BCUT2D eigenvalue weighted by Gasteiger charge is -2.24. The number of halogens is 2. The fourth-order valence-corrected chi connectivity index (χ4v) is 1.99. The van der Waals surface area contributed by atoms with E-state index < -0.39 is 0 Å². The Labute approximate surface area is 144 Å². The molecule has 0 amide bonds. The minimum atomic E-state index is -0.231. The Hall–Kier alpha value is -1.58. The van der Waals surface area contributed by atoms with Gasteiger partial charge < -0.3 is 10.1 Å². The summed E-state index contributed by atoms with van der Waals surface area (Å²) in [6, 6.07) is 14.6. The lowest BCUT2D eigenvalue weighted by Crippen LogP contribution is -2.37. The topological polar surface area (TPSA) is 21.3 Å². The summed E-state index contributed by atoms with van der Waals surface area (Å²) in [7, 11) is 0. The predicted octanol–water partition coefficient (Wildman–Crippen LogP) is 5.10. The third-order valence-electron chi connectivity index (χ3n) is 3.91. The van der Waals surface area contributed by atoms with Gasteiger partial charge in [0.2, 0.25) is 0 Å². The van der Waals surface area contributed by atoms with Gasteiger partial charge >= 0.3 is 0 Å². The highest BCUT2D eigenvalue weighted by atomic mass is 35.5. The van der Waals surface area contributed by atoms with E-state index in [9.17, 15) is 4.39 Å². The van der Waals surface area contributed by atoms with Crippen molar-refractivity contribution < 1.29 is 9.13 Å². The van der Waals surface area contributed by atoms with Gasteiger partial charge in [-0.1, -0.05) is 37.3 Å². The molecule has 2 aromatic carbocycles. The van der Waals surface area contributed by atoms with Crippen LogP contribution in [-0.4, -0.2) is 5.54 Å². The molecule has 0 saturated heterocycles. The minimum absolute atomic E-state index is 0. The number of hydrogen-bond acceptors (Lipinski definition) is 2. The van der Waals surface area contributed by atoms with Crippen molar-refractivity contribution in [1.82, 2.24) is 5.32 Å². The van der Waals surface area contributed by atoms with E-state index in [2.05, 4.69) is 32.2 Å². The number of hydrogen-bond donors (Lipinski definition) is 1. The van der Waals surface area contributed by atoms with Crippen molar-refractivity contribution in [3.63, 3.8) is 0 Å². The van der Waals surface area contributed by atoms with Gasteiger partial charge in [-0.05, 0) is 44.0 Å². The smallest absolute Gasteiger partial charge is 0.129 e. The molecule has 0 atom stereocenters. The minimum Gasteiger partial charge on any atom is -0.489 e. The molecule has 0 aliphatic heterocycles. The fourth-order valence-electron chi connectivity index (χ4n) is 1.99. The van der Waals surface area contributed by atoms with E-state index >= 15 is 0 Å². The highest BCUT2D eigenvalue weighted by Crippen LogP contribution is 2.17. The summed E-state index contributed by atoms with van der Waals surface area (Å²) in [6.45, 7) is 7.57. The van der Waals surface area contributed by atoms with Gasteiger partial charge in [-0.2, -0.15) is 0 Å². The van der Waals surface area contributed by atoms with E-state index in [-0.39, 0.29) is 30.4 Å². The zero-order valence-corrected chi connectivity index (χ0v) is 14.8. The summed E-state index contributed by atoms with van der Waals surface area (Å²) >= 11 is 0. The van der Waals surface area contributed by atoms with Crippen molar-refractivity contribution >= 4 is 12.4 Å². The van der Waals surface area contributed by atoms with Crippen molar-refractivity contribution in [1.29, 1.82) is 0 Å². The largest absolute Gasteiger partial charge is 0.489 e. The van der Waals surface area contributed by atoms with Gasteiger partial charge in [-0.3, -0.25) is 0 Å². The van der Waals surface area contributed by atoms with Crippen molar-refractivity contribution in [3.8, 4) is 5.75 Å². The predicted molar refractivity (Wildman–Crippen MR) is 95.6 cm³/mol. The summed E-state index contributed by atoms with van der Waals surface area (Å²) < 4.78 is 19.3. The highest BCUT2D eigenvalue weighted by Gasteiger charge is 2.13. The Kier molecular flexibility index (Phi) is 7.53. The second-order valence-electron chi connectivity index (χ2n) is 6.12. The van der Waals surface area contributed by atoms with Crippen molar-refractivity contribution in [2.75, 3.05) is 0 Å². The molecule has 2 aromatic rings. The van der Waals surface area contributed by atoms with E-state index in [1.165, 1.54) is 6.07 Å². The Bertz CT molecular complexity index is 616. The molecule has 1 N–H and O–H groups in total. The maximum absolute atomic E-state index is 13.6. The molecule has 4 heteroatoms. The Morgan fingerprint density at radius 2 is 1.83 bits per heavy atom. The molecule has 0 aromatic heterocycles. The lowest BCUT2D eigenvalue weighted by atomic mass is 10.0. The van der Waals surface area contributed by atoms with Gasteiger partial charge in [0.05, 0.1) is 0 Å². The molecule has 126 valence electrons. The molecule has 0 aliphatic carbocycles. The van der Waals surface area contributed by atoms with Crippen LogP contribution in [0.1, 0.15) is 38.3 Å². The SMILES string of the molecule is CCC(C)(C)NCc1cccc(OCc2ccccc2F)c1.Cl. The molecule has 23 heavy (non-hydrogen) atoms. The lowest BCUT2D eigenvalue weighted by molar-refractivity contribution is 0.299. The zero-order valence-electron chi connectivity index (χ0n) is 13.9. The number of nitrogens with one attached hydrogen (secondary N) is 1. The summed E-state index contributed by atoms with van der Waals surface area (Å²) in [4.78, 5) is 0. The van der Waals surface area contributed by atoms with Crippen molar-refractivity contribution in [2.24, 2.45) is 0 Å². The third-order valence-corrected chi connectivity index (χ3v) is 3.91. The normalized spacial score (nSPS) is 11.0. The van der Waals surface area contributed by atoms with Crippen molar-refractivity contribution in [3.05, 3.63) is 65.5 Å². The van der Waals surface area contributed by atoms with Gasteiger partial charge in [0.1, 0.15) is 18.2 Å². The van der Waals surface area contributed by atoms with Crippen LogP contribution in [0, 0.1) is 5.82 Å². The monoisotopic (exact) mass is 337 g/mol. The first-order valence-corrected chi connectivity index (χ1v) is 7.70. The average molecular weight is 338 g/mol. The summed E-state index contributed by atoms with van der Waals surface area (Å²) in [5.41, 5.74) is 1.84. The summed E-state index contributed by atoms with van der Waals surface area (Å²) in [6.07, 6.45) is 1.07. The standard InChI is InChI=1S/C19H24FNO.ClH/c1-4-19(2,3)21-13-15-8-7-10-17(12-15)22-14-16-9-5-6-11-18(16)20;/h5-12,21H,4,13-14H2,1-3H3;1H. The van der Waals surface area contributed by atoms with E-state index in [1.54, 1.807) is 12.1 Å². The van der Waals surface area contributed by atoms with Gasteiger partial charge in [-0.15, -0.1) is 12.4 Å². The first-order valence-electron chi connectivity index (χ1n) is 7.70. The van der Waals surface area contributed by atoms with E-state index in [0.717, 1.165) is 24.3 Å². The Morgan fingerprint density at radius 3 is 2.52 bits per heavy atom. The van der Waals surface area contributed by atoms with Gasteiger partial charge in [0, 0.05) is 17.6 Å². The van der Waals surface area contributed by atoms with Crippen LogP contribution < -0.4 is 10.1 Å². The van der Waals surface area contributed by atoms with E-state index in [4.69, 9.17) is 4.74 Å². The van der Waals surface area contributed by atoms with Crippen LogP contribution in [0.5, 0.6) is 5.75 Å². The molecule has 0 fully saturated rings. The van der Waals surface area contributed by atoms with Crippen LogP contribution in [0.3, 0.4) is 0 Å². The van der Waals surface area contributed by atoms with Gasteiger partial charge in [-0.25, -0.2) is 4.39 Å². The third kappa shape index (κ3) is 6.20. The summed E-state index contributed by atoms with van der Waals surface area (Å²) in [5, 5.41) is 3.52. The zero-order chi connectivity index (χ0) is 16.0. The maximum atomic E-state index is 13.6. The van der Waals surface area contributed by atoms with Gasteiger partial charge in [0.25, 0.3) is 0 Å². The number of ether oxygens (including phenoxy) is 1. The quantitative estimate of drug-likeness (QED) is 0.758. The van der Waals surface area contributed by atoms with Crippen LogP contribution >= 0.6 is 12.4 Å². The second-order valence-corrected chi connectivity index (χ2v) is 6.12. The molecule has 0 aliphatic rings. The molecule has 0 bridgehead atoms. The second kappa shape index (κ2) is 8.90. The average Bonchev–Trinajstić information content (AvgIpc) is 2.53. The Balaban J connectivity index is 0.00000264. The van der Waals surface area contributed by atoms with E-state index in [1.807, 2.05) is 24.3 Å². The fraction of sp³-hybridized carbons (Fsp3) is 0.368. The van der Waals surface area contributed by atoms with Crippen LogP contribution in [0.25, 0.3) is 0 Å². The van der Waals surface area contributed by atoms with Crippen LogP contribution in [0.2, 0.25) is 0 Å². The molecule has 0 radical (unpaired) electrons. The Morgan fingerprint density at radius 1 is 1.09 bits per heavy atom. The molecule has 0 heterocycles.